The average molecular weight is 456 g/mol. The van der Waals surface area contributed by atoms with Crippen LogP contribution >= 0.6 is 0 Å². The fourth-order valence-corrected chi connectivity index (χ4v) is 6.26. The van der Waals surface area contributed by atoms with Gasteiger partial charge >= 0.3 is 0 Å². The Balaban J connectivity index is 1.22. The number of hydrogen-bond acceptors (Lipinski definition) is 4. The Morgan fingerprint density at radius 3 is 2.47 bits per heavy atom. The van der Waals surface area contributed by atoms with Crippen LogP contribution in [-0.4, -0.2) is 50.9 Å². The third-order valence-corrected chi connectivity index (χ3v) is 8.62. The highest BCUT2D eigenvalue weighted by atomic mass is 32.2. The monoisotopic (exact) mass is 455 g/mol. The molecule has 0 radical (unpaired) electrons. The van der Waals surface area contributed by atoms with Gasteiger partial charge in [-0.05, 0) is 63.3 Å². The fourth-order valence-electron chi connectivity index (χ4n) is 4.79. The summed E-state index contributed by atoms with van der Waals surface area (Å²) in [4.78, 5) is 15.4. The maximum Gasteiger partial charge on any atom is 0.243 e. The summed E-state index contributed by atoms with van der Waals surface area (Å²) in [5.41, 5.74) is 3.74. The van der Waals surface area contributed by atoms with E-state index in [1.165, 1.54) is 15.6 Å². The van der Waals surface area contributed by atoms with E-state index in [1.807, 2.05) is 19.1 Å². The highest BCUT2D eigenvalue weighted by molar-refractivity contribution is 7.89. The molecular weight excluding hydrogens is 422 g/mol. The van der Waals surface area contributed by atoms with E-state index in [2.05, 4.69) is 41.4 Å². The van der Waals surface area contributed by atoms with Gasteiger partial charge < -0.3 is 10.2 Å². The molecule has 2 heterocycles. The molecular formula is C25H33N3O3S. The highest BCUT2D eigenvalue weighted by Crippen LogP contribution is 2.31. The van der Waals surface area contributed by atoms with Gasteiger partial charge in [-0.25, -0.2) is 8.42 Å². The van der Waals surface area contributed by atoms with Crippen molar-refractivity contribution in [3.05, 3.63) is 59.7 Å². The van der Waals surface area contributed by atoms with Crippen molar-refractivity contribution in [1.29, 1.82) is 0 Å². The number of para-hydroxylation sites is 1. The van der Waals surface area contributed by atoms with Crippen molar-refractivity contribution in [2.24, 2.45) is 5.92 Å². The largest absolute Gasteiger partial charge is 0.368 e. The van der Waals surface area contributed by atoms with Gasteiger partial charge in [-0.15, -0.1) is 0 Å². The molecule has 7 heteroatoms. The predicted octanol–water partition coefficient (Wildman–Crippen LogP) is 3.35. The van der Waals surface area contributed by atoms with Crippen molar-refractivity contribution in [3.8, 4) is 0 Å². The van der Waals surface area contributed by atoms with E-state index >= 15 is 0 Å². The maximum atomic E-state index is 12.8. The van der Waals surface area contributed by atoms with Crippen molar-refractivity contribution in [3.63, 3.8) is 0 Å². The van der Waals surface area contributed by atoms with Gasteiger partial charge in [0.2, 0.25) is 15.9 Å². The Bertz CT molecular complexity index is 1040. The van der Waals surface area contributed by atoms with Crippen LogP contribution in [0.25, 0.3) is 0 Å². The number of nitrogens with one attached hydrogen (secondary N) is 1. The summed E-state index contributed by atoms with van der Waals surface area (Å²) in [5.74, 6) is -0.0711. The fraction of sp³-hybridized carbons (Fsp3) is 0.480. The first-order chi connectivity index (χ1) is 15.4. The minimum Gasteiger partial charge on any atom is -0.368 e. The van der Waals surface area contributed by atoms with Crippen molar-refractivity contribution in [2.45, 2.75) is 50.5 Å². The lowest BCUT2D eigenvalue weighted by atomic mass is 9.97. The molecule has 0 spiro atoms. The summed E-state index contributed by atoms with van der Waals surface area (Å²) < 4.78 is 27.2. The van der Waals surface area contributed by atoms with E-state index in [0.29, 0.717) is 43.4 Å². The van der Waals surface area contributed by atoms with Crippen LogP contribution in [0, 0.1) is 12.8 Å². The van der Waals surface area contributed by atoms with Crippen molar-refractivity contribution < 1.29 is 13.2 Å². The van der Waals surface area contributed by atoms with E-state index in [-0.39, 0.29) is 11.8 Å². The molecule has 0 aliphatic carbocycles. The molecule has 2 aromatic rings. The SMILES string of the molecule is Cc1ccc(S(=O)(=O)N2CCC(C(=O)NCCCN3c4ccccc4C[C@H]3C)CC2)cc1. The third-order valence-electron chi connectivity index (χ3n) is 6.71. The molecule has 0 bridgehead atoms. The standard InChI is InChI=1S/C25H33N3O3S/c1-19-8-10-23(11-9-19)32(30,31)27-16-12-21(13-17-27)25(29)26-14-5-15-28-20(2)18-22-6-3-4-7-24(22)28/h3-4,6-11,20-21H,5,12-18H2,1-2H3,(H,26,29)/t20-/m1/s1. The number of piperidine rings is 1. The second kappa shape index (κ2) is 9.63. The van der Waals surface area contributed by atoms with Gasteiger partial charge in [0.15, 0.2) is 0 Å². The molecule has 1 amide bonds. The molecule has 0 saturated carbocycles. The number of anilines is 1. The third kappa shape index (κ3) is 4.84. The Labute approximate surface area is 191 Å². The lowest BCUT2D eigenvalue weighted by Gasteiger charge is -2.30. The van der Waals surface area contributed by atoms with Crippen LogP contribution in [0.4, 0.5) is 5.69 Å². The van der Waals surface area contributed by atoms with Gasteiger partial charge in [0, 0.05) is 43.8 Å². The minimum atomic E-state index is -3.49. The topological polar surface area (TPSA) is 69.7 Å². The lowest BCUT2D eigenvalue weighted by molar-refractivity contribution is -0.126. The van der Waals surface area contributed by atoms with Gasteiger partial charge in [-0.3, -0.25) is 4.79 Å². The van der Waals surface area contributed by atoms with Gasteiger partial charge in [0.1, 0.15) is 0 Å². The van der Waals surface area contributed by atoms with Gasteiger partial charge in [0.25, 0.3) is 0 Å². The van der Waals surface area contributed by atoms with Crippen LogP contribution in [-0.2, 0) is 21.2 Å². The summed E-state index contributed by atoms with van der Waals surface area (Å²) in [7, 11) is -3.49. The van der Waals surface area contributed by atoms with Gasteiger partial charge in [-0.1, -0.05) is 35.9 Å². The number of benzene rings is 2. The molecule has 6 nitrogen and oxygen atoms in total. The normalized spacial score (nSPS) is 19.7. The number of rotatable bonds is 7. The zero-order valence-corrected chi connectivity index (χ0v) is 19.8. The molecule has 0 unspecified atom stereocenters. The number of hydrogen-bond donors (Lipinski definition) is 1. The summed E-state index contributed by atoms with van der Waals surface area (Å²) in [6.45, 7) is 6.52. The first kappa shape index (κ1) is 22.8. The molecule has 1 N–H and O–H groups in total. The molecule has 2 aromatic carbocycles. The van der Waals surface area contributed by atoms with E-state index < -0.39 is 10.0 Å². The summed E-state index contributed by atoms with van der Waals surface area (Å²) in [6.07, 6.45) is 3.10. The van der Waals surface area contributed by atoms with Crippen LogP contribution in [0.15, 0.2) is 53.4 Å². The van der Waals surface area contributed by atoms with Crippen LogP contribution in [0.2, 0.25) is 0 Å². The van der Waals surface area contributed by atoms with E-state index in [9.17, 15) is 13.2 Å². The lowest BCUT2D eigenvalue weighted by Crippen LogP contribution is -2.43. The van der Waals surface area contributed by atoms with Crippen molar-refractivity contribution in [2.75, 3.05) is 31.1 Å². The molecule has 4 rings (SSSR count). The Morgan fingerprint density at radius 1 is 1.06 bits per heavy atom. The first-order valence-electron chi connectivity index (χ1n) is 11.6. The summed E-state index contributed by atoms with van der Waals surface area (Å²) in [6, 6.07) is 16.0. The molecule has 32 heavy (non-hydrogen) atoms. The number of fused-ring (bicyclic) bond motifs is 1. The van der Waals surface area contributed by atoms with E-state index in [1.54, 1.807) is 12.1 Å². The zero-order valence-electron chi connectivity index (χ0n) is 19.0. The second-order valence-corrected chi connectivity index (χ2v) is 10.9. The Kier molecular flexibility index (Phi) is 6.86. The Morgan fingerprint density at radius 2 is 1.75 bits per heavy atom. The van der Waals surface area contributed by atoms with Crippen LogP contribution in [0.1, 0.15) is 37.3 Å². The molecule has 1 saturated heterocycles. The number of sulfonamides is 1. The number of amides is 1. The summed E-state index contributed by atoms with van der Waals surface area (Å²) >= 11 is 0. The highest BCUT2D eigenvalue weighted by Gasteiger charge is 2.32. The Hall–Kier alpha value is -2.38. The second-order valence-electron chi connectivity index (χ2n) is 9.01. The number of nitrogens with zero attached hydrogens (tertiary/aromatic N) is 2. The number of carbonyl (C=O) groups is 1. The zero-order chi connectivity index (χ0) is 22.7. The quantitative estimate of drug-likeness (QED) is 0.650. The van der Waals surface area contributed by atoms with Gasteiger partial charge in [0.05, 0.1) is 4.90 Å². The molecule has 2 aliphatic rings. The van der Waals surface area contributed by atoms with Crippen LogP contribution < -0.4 is 10.2 Å². The molecule has 172 valence electrons. The van der Waals surface area contributed by atoms with E-state index in [0.717, 1.165) is 24.9 Å². The van der Waals surface area contributed by atoms with E-state index in [4.69, 9.17) is 0 Å². The molecule has 1 atom stereocenters. The molecule has 0 aromatic heterocycles. The van der Waals surface area contributed by atoms with Gasteiger partial charge in [-0.2, -0.15) is 4.31 Å². The van der Waals surface area contributed by atoms with Crippen LogP contribution in [0.3, 0.4) is 0 Å². The van der Waals surface area contributed by atoms with Crippen LogP contribution in [0.5, 0.6) is 0 Å². The smallest absolute Gasteiger partial charge is 0.243 e. The first-order valence-corrected chi connectivity index (χ1v) is 13.0. The molecule has 2 aliphatic heterocycles. The average Bonchev–Trinajstić information content (AvgIpc) is 3.12. The number of carbonyl (C=O) groups excluding carboxylic acids is 1. The maximum absolute atomic E-state index is 12.8. The summed E-state index contributed by atoms with van der Waals surface area (Å²) in [5, 5.41) is 3.07. The predicted molar refractivity (Wildman–Crippen MR) is 127 cm³/mol. The van der Waals surface area contributed by atoms with Crippen molar-refractivity contribution >= 4 is 21.6 Å². The molecule has 1 fully saturated rings. The number of aryl methyl sites for hydroxylation is 1. The van der Waals surface area contributed by atoms with Crippen molar-refractivity contribution in [1.82, 2.24) is 9.62 Å². The minimum absolute atomic E-state index is 0.0484.